The van der Waals surface area contributed by atoms with Crippen LogP contribution in [0.5, 0.6) is 0 Å². The monoisotopic (exact) mass is 303 g/mol. The van der Waals surface area contributed by atoms with Gasteiger partial charge in [0.2, 0.25) is 0 Å². The second-order valence-electron chi connectivity index (χ2n) is 7.05. The standard InChI is InChI=1S/C17H25N3O2/c1-17(2,3)7-5-14(16(21)22)18-10-12-9-13-6-8-20(4)15(13)19-11-12/h6,8-9,11,14,18H,5,7,10H2,1-4H3,(H,21,22). The first-order valence-corrected chi connectivity index (χ1v) is 7.62. The third-order valence-electron chi connectivity index (χ3n) is 3.80. The Morgan fingerprint density at radius 1 is 1.45 bits per heavy atom. The molecule has 0 spiro atoms. The Hall–Kier alpha value is -1.88. The Morgan fingerprint density at radius 3 is 2.82 bits per heavy atom. The van der Waals surface area contributed by atoms with Gasteiger partial charge in [-0.05, 0) is 36.0 Å². The Labute approximate surface area is 131 Å². The molecule has 1 unspecified atom stereocenters. The fourth-order valence-electron chi connectivity index (χ4n) is 2.43. The molecule has 0 aliphatic heterocycles. The van der Waals surface area contributed by atoms with E-state index >= 15 is 0 Å². The van der Waals surface area contributed by atoms with Crippen molar-refractivity contribution >= 4 is 17.0 Å². The van der Waals surface area contributed by atoms with Crippen LogP contribution < -0.4 is 5.32 Å². The molecular weight excluding hydrogens is 278 g/mol. The van der Waals surface area contributed by atoms with Crippen LogP contribution in [0.4, 0.5) is 0 Å². The van der Waals surface area contributed by atoms with Crippen LogP contribution in [-0.4, -0.2) is 26.7 Å². The number of carbonyl (C=O) groups is 1. The topological polar surface area (TPSA) is 67.2 Å². The summed E-state index contributed by atoms with van der Waals surface area (Å²) in [4.78, 5) is 15.8. The van der Waals surface area contributed by atoms with Crippen LogP contribution in [-0.2, 0) is 18.4 Å². The summed E-state index contributed by atoms with van der Waals surface area (Å²) in [6.45, 7) is 6.89. The lowest BCUT2D eigenvalue weighted by atomic mass is 9.88. The second-order valence-corrected chi connectivity index (χ2v) is 7.05. The van der Waals surface area contributed by atoms with Crippen LogP contribution in [0.1, 0.15) is 39.2 Å². The molecule has 120 valence electrons. The molecule has 0 aliphatic rings. The average Bonchev–Trinajstić information content (AvgIpc) is 2.78. The molecule has 2 aromatic rings. The van der Waals surface area contributed by atoms with Gasteiger partial charge in [-0.3, -0.25) is 4.79 Å². The molecule has 0 aromatic carbocycles. The SMILES string of the molecule is Cn1ccc2cc(CNC(CCC(C)(C)C)C(=O)O)cnc21. The van der Waals surface area contributed by atoms with E-state index in [1.807, 2.05) is 23.9 Å². The van der Waals surface area contributed by atoms with Gasteiger partial charge in [-0.25, -0.2) is 4.98 Å². The third-order valence-corrected chi connectivity index (χ3v) is 3.80. The molecule has 0 saturated heterocycles. The summed E-state index contributed by atoms with van der Waals surface area (Å²) in [5, 5.41) is 13.5. The number of aromatic nitrogens is 2. The van der Waals surface area contributed by atoms with Crippen molar-refractivity contribution < 1.29 is 9.90 Å². The number of nitrogens with one attached hydrogen (secondary N) is 1. The summed E-state index contributed by atoms with van der Waals surface area (Å²) in [5.41, 5.74) is 2.08. The van der Waals surface area contributed by atoms with E-state index in [1.54, 1.807) is 6.20 Å². The summed E-state index contributed by atoms with van der Waals surface area (Å²) in [7, 11) is 1.96. The van der Waals surface area contributed by atoms with Crippen molar-refractivity contribution in [3.63, 3.8) is 0 Å². The van der Waals surface area contributed by atoms with Crippen LogP contribution in [0.3, 0.4) is 0 Å². The van der Waals surface area contributed by atoms with Crippen LogP contribution in [0, 0.1) is 5.41 Å². The van der Waals surface area contributed by atoms with Gasteiger partial charge >= 0.3 is 5.97 Å². The number of carboxylic acid groups (broad SMARTS) is 1. The first-order valence-electron chi connectivity index (χ1n) is 7.62. The van der Waals surface area contributed by atoms with Gasteiger partial charge in [-0.15, -0.1) is 0 Å². The molecule has 5 heteroatoms. The Morgan fingerprint density at radius 2 is 2.18 bits per heavy atom. The van der Waals surface area contributed by atoms with Gasteiger partial charge in [0.25, 0.3) is 0 Å². The quantitative estimate of drug-likeness (QED) is 0.861. The Kier molecular flexibility index (Phi) is 4.86. The van der Waals surface area contributed by atoms with Crippen LogP contribution in [0.25, 0.3) is 11.0 Å². The number of carboxylic acids is 1. The van der Waals surface area contributed by atoms with Crippen LogP contribution >= 0.6 is 0 Å². The lowest BCUT2D eigenvalue weighted by Crippen LogP contribution is -2.37. The molecule has 0 aliphatic carbocycles. The van der Waals surface area contributed by atoms with E-state index in [-0.39, 0.29) is 5.41 Å². The fourth-order valence-corrected chi connectivity index (χ4v) is 2.43. The number of nitrogens with zero attached hydrogens (tertiary/aromatic N) is 2. The van der Waals surface area contributed by atoms with Crippen molar-refractivity contribution in [2.75, 3.05) is 0 Å². The molecule has 0 amide bonds. The number of hydrogen-bond acceptors (Lipinski definition) is 3. The summed E-state index contributed by atoms with van der Waals surface area (Å²) < 4.78 is 1.97. The summed E-state index contributed by atoms with van der Waals surface area (Å²) in [6.07, 6.45) is 5.27. The zero-order chi connectivity index (χ0) is 16.3. The van der Waals surface area contributed by atoms with Gasteiger partial charge in [-0.2, -0.15) is 0 Å². The molecule has 2 N–H and O–H groups in total. The number of aryl methyl sites for hydroxylation is 1. The molecule has 0 radical (unpaired) electrons. The average molecular weight is 303 g/mol. The van der Waals surface area contributed by atoms with E-state index in [1.165, 1.54) is 0 Å². The second kappa shape index (κ2) is 6.48. The summed E-state index contributed by atoms with van der Waals surface area (Å²) in [5.74, 6) is -0.794. The minimum Gasteiger partial charge on any atom is -0.480 e. The van der Waals surface area contributed by atoms with Gasteiger partial charge in [0, 0.05) is 31.4 Å². The van der Waals surface area contributed by atoms with Gasteiger partial charge in [0.1, 0.15) is 11.7 Å². The molecule has 0 fully saturated rings. The Balaban J connectivity index is 1.99. The minimum absolute atomic E-state index is 0.139. The van der Waals surface area contributed by atoms with E-state index in [0.717, 1.165) is 23.0 Å². The van der Waals surface area contributed by atoms with Crippen molar-refractivity contribution in [1.82, 2.24) is 14.9 Å². The number of hydrogen-bond donors (Lipinski definition) is 2. The molecule has 5 nitrogen and oxygen atoms in total. The van der Waals surface area contributed by atoms with Crippen molar-refractivity contribution in [3.8, 4) is 0 Å². The predicted octanol–water partition coefficient (Wildman–Crippen LogP) is 2.94. The summed E-state index contributed by atoms with van der Waals surface area (Å²) >= 11 is 0. The zero-order valence-electron chi connectivity index (χ0n) is 13.8. The molecule has 2 rings (SSSR count). The van der Waals surface area contributed by atoms with E-state index in [4.69, 9.17) is 0 Å². The number of rotatable bonds is 6. The first kappa shape index (κ1) is 16.5. The fraction of sp³-hybridized carbons (Fsp3) is 0.529. The van der Waals surface area contributed by atoms with E-state index in [9.17, 15) is 9.90 Å². The molecular formula is C17H25N3O2. The maximum absolute atomic E-state index is 11.4. The molecule has 2 aromatic heterocycles. The first-order chi connectivity index (χ1) is 10.3. The van der Waals surface area contributed by atoms with Crippen LogP contribution in [0.15, 0.2) is 24.5 Å². The lowest BCUT2D eigenvalue weighted by Gasteiger charge is -2.21. The van der Waals surface area contributed by atoms with Crippen molar-refractivity contribution in [3.05, 3.63) is 30.1 Å². The molecule has 22 heavy (non-hydrogen) atoms. The summed E-state index contributed by atoms with van der Waals surface area (Å²) in [6, 6.07) is 3.55. The highest BCUT2D eigenvalue weighted by Crippen LogP contribution is 2.22. The maximum Gasteiger partial charge on any atom is 0.320 e. The number of aliphatic carboxylic acids is 1. The highest BCUT2D eigenvalue weighted by molar-refractivity contribution is 5.76. The smallest absolute Gasteiger partial charge is 0.320 e. The predicted molar refractivity (Wildman–Crippen MR) is 87.7 cm³/mol. The van der Waals surface area contributed by atoms with Gasteiger partial charge in [0.05, 0.1) is 0 Å². The van der Waals surface area contributed by atoms with Crippen molar-refractivity contribution in [2.24, 2.45) is 12.5 Å². The minimum atomic E-state index is -0.794. The number of fused-ring (bicyclic) bond motifs is 1. The number of pyridine rings is 1. The van der Waals surface area contributed by atoms with Crippen molar-refractivity contribution in [1.29, 1.82) is 0 Å². The highest BCUT2D eigenvalue weighted by atomic mass is 16.4. The largest absolute Gasteiger partial charge is 0.480 e. The van der Waals surface area contributed by atoms with Gasteiger partial charge < -0.3 is 15.0 Å². The maximum atomic E-state index is 11.4. The normalized spacial score (nSPS) is 13.5. The zero-order valence-corrected chi connectivity index (χ0v) is 13.8. The lowest BCUT2D eigenvalue weighted by molar-refractivity contribution is -0.139. The van der Waals surface area contributed by atoms with Crippen LogP contribution in [0.2, 0.25) is 0 Å². The highest BCUT2D eigenvalue weighted by Gasteiger charge is 2.20. The van der Waals surface area contributed by atoms with E-state index in [0.29, 0.717) is 13.0 Å². The molecule has 2 heterocycles. The molecule has 0 bridgehead atoms. The Bertz CT molecular complexity index is 655. The van der Waals surface area contributed by atoms with Gasteiger partial charge in [-0.1, -0.05) is 20.8 Å². The third kappa shape index (κ3) is 4.31. The molecule has 1 atom stereocenters. The molecule has 0 saturated carbocycles. The van der Waals surface area contributed by atoms with E-state index < -0.39 is 12.0 Å². The van der Waals surface area contributed by atoms with E-state index in [2.05, 4.69) is 37.1 Å². The van der Waals surface area contributed by atoms with Crippen molar-refractivity contribution in [2.45, 2.75) is 46.2 Å². The van der Waals surface area contributed by atoms with Gasteiger partial charge in [0.15, 0.2) is 0 Å².